The van der Waals surface area contributed by atoms with E-state index in [1.165, 1.54) is 12.8 Å². The molecule has 7 nitrogen and oxygen atoms in total. The number of esters is 1. The fourth-order valence-corrected chi connectivity index (χ4v) is 3.54. The predicted octanol–water partition coefficient (Wildman–Crippen LogP) is 2.54. The molecule has 1 aromatic rings. The Labute approximate surface area is 146 Å². The molecular formula is C16H25N3O4S. The van der Waals surface area contributed by atoms with E-state index in [0.29, 0.717) is 5.01 Å². The first-order chi connectivity index (χ1) is 11.2. The van der Waals surface area contributed by atoms with Gasteiger partial charge in [0.25, 0.3) is 0 Å². The quantitative estimate of drug-likeness (QED) is 0.751. The van der Waals surface area contributed by atoms with Crippen LogP contribution in [0.25, 0.3) is 0 Å². The predicted molar refractivity (Wildman–Crippen MR) is 90.4 cm³/mol. The number of carboxylic acids is 1. The first-order valence-corrected chi connectivity index (χ1v) is 9.07. The molecule has 0 saturated carbocycles. The van der Waals surface area contributed by atoms with Crippen LogP contribution in [0.15, 0.2) is 0 Å². The lowest BCUT2D eigenvalue weighted by Gasteiger charge is -2.22. The van der Waals surface area contributed by atoms with E-state index in [2.05, 4.69) is 15.1 Å². The Bertz CT molecular complexity index is 576. The lowest BCUT2D eigenvalue weighted by atomic mass is 10.0. The van der Waals surface area contributed by atoms with Crippen molar-refractivity contribution >= 4 is 23.3 Å². The highest BCUT2D eigenvalue weighted by molar-refractivity contribution is 7.13. The van der Waals surface area contributed by atoms with Crippen LogP contribution in [0.1, 0.15) is 67.2 Å². The van der Waals surface area contributed by atoms with Gasteiger partial charge in [0.1, 0.15) is 10.6 Å². The standard InChI is InChI=1S/C16H25N3O4S/c1-16(2,3)23-12(20)10-11(6-9-19-7-4-5-8-19)13-17-18-14(24-13)15(21)22/h11H,4-10H2,1-3H3,(H,21,22)/t11-/m0/s1. The Balaban J connectivity index is 2.04. The SMILES string of the molecule is CC(C)(C)OC(=O)C[C@H](CCN1CCCC1)c1nnc(C(=O)O)s1. The second-order valence-electron chi connectivity index (χ2n) is 7.08. The van der Waals surface area contributed by atoms with Crippen LogP contribution in [0.3, 0.4) is 0 Å². The van der Waals surface area contributed by atoms with Crippen molar-refractivity contribution in [3.05, 3.63) is 10.0 Å². The van der Waals surface area contributed by atoms with E-state index in [-0.39, 0.29) is 23.3 Å². The number of aromatic nitrogens is 2. The molecular weight excluding hydrogens is 330 g/mol. The van der Waals surface area contributed by atoms with E-state index >= 15 is 0 Å². The van der Waals surface area contributed by atoms with Gasteiger partial charge in [-0.05, 0) is 59.7 Å². The van der Waals surface area contributed by atoms with Gasteiger partial charge < -0.3 is 14.7 Å². The van der Waals surface area contributed by atoms with Crippen molar-refractivity contribution in [1.82, 2.24) is 15.1 Å². The molecule has 8 heteroatoms. The summed E-state index contributed by atoms with van der Waals surface area (Å²) in [6, 6.07) is 0. The summed E-state index contributed by atoms with van der Waals surface area (Å²) >= 11 is 1.04. The van der Waals surface area contributed by atoms with Crippen LogP contribution >= 0.6 is 11.3 Å². The molecule has 134 valence electrons. The average molecular weight is 355 g/mol. The number of carbonyl (C=O) groups excluding carboxylic acids is 1. The Kier molecular flexibility index (Phi) is 6.28. The summed E-state index contributed by atoms with van der Waals surface area (Å²) in [7, 11) is 0. The Morgan fingerprint density at radius 2 is 1.96 bits per heavy atom. The number of hydrogen-bond acceptors (Lipinski definition) is 7. The van der Waals surface area contributed by atoms with Gasteiger partial charge >= 0.3 is 11.9 Å². The number of likely N-dealkylation sites (tertiary alicyclic amines) is 1. The number of ether oxygens (including phenoxy) is 1. The summed E-state index contributed by atoms with van der Waals surface area (Å²) in [6.45, 7) is 8.52. The molecule has 0 bridgehead atoms. The largest absolute Gasteiger partial charge is 0.476 e. The van der Waals surface area contributed by atoms with Gasteiger partial charge in [0.15, 0.2) is 0 Å². The topological polar surface area (TPSA) is 92.6 Å². The van der Waals surface area contributed by atoms with Gasteiger partial charge in [-0.15, -0.1) is 10.2 Å². The molecule has 0 spiro atoms. The zero-order valence-electron chi connectivity index (χ0n) is 14.4. The van der Waals surface area contributed by atoms with Crippen LogP contribution in [-0.4, -0.2) is 57.4 Å². The molecule has 1 atom stereocenters. The normalized spacial score (nSPS) is 17.0. The van der Waals surface area contributed by atoms with E-state index in [1.807, 2.05) is 20.8 Å². The maximum atomic E-state index is 12.2. The second kappa shape index (κ2) is 8.02. The molecule has 1 aliphatic rings. The molecule has 0 aromatic carbocycles. The van der Waals surface area contributed by atoms with E-state index in [9.17, 15) is 9.59 Å². The van der Waals surface area contributed by atoms with Crippen LogP contribution in [0.5, 0.6) is 0 Å². The summed E-state index contributed by atoms with van der Waals surface area (Å²) in [6.07, 6.45) is 3.35. The van der Waals surface area contributed by atoms with Crippen molar-refractivity contribution in [2.45, 2.75) is 58.0 Å². The first kappa shape index (κ1) is 18.8. The van der Waals surface area contributed by atoms with Gasteiger partial charge in [0.05, 0.1) is 6.42 Å². The second-order valence-corrected chi connectivity index (χ2v) is 8.08. The zero-order chi connectivity index (χ0) is 17.7. The Hall–Kier alpha value is -1.54. The van der Waals surface area contributed by atoms with Crippen molar-refractivity contribution in [2.75, 3.05) is 19.6 Å². The lowest BCUT2D eigenvalue weighted by Crippen LogP contribution is -2.26. The molecule has 0 amide bonds. The third-order valence-corrected chi connectivity index (χ3v) is 4.87. The van der Waals surface area contributed by atoms with E-state index in [4.69, 9.17) is 9.84 Å². The maximum absolute atomic E-state index is 12.2. The Morgan fingerprint density at radius 1 is 1.29 bits per heavy atom. The molecule has 1 N–H and O–H groups in total. The monoisotopic (exact) mass is 355 g/mol. The summed E-state index contributed by atoms with van der Waals surface area (Å²) in [4.78, 5) is 25.6. The van der Waals surface area contributed by atoms with Gasteiger partial charge in [-0.3, -0.25) is 4.79 Å². The van der Waals surface area contributed by atoms with E-state index in [1.54, 1.807) is 0 Å². The van der Waals surface area contributed by atoms with E-state index in [0.717, 1.165) is 37.4 Å². The molecule has 1 aromatic heterocycles. The number of carbonyl (C=O) groups is 2. The smallest absolute Gasteiger partial charge is 0.367 e. The molecule has 2 rings (SSSR count). The maximum Gasteiger partial charge on any atom is 0.367 e. The number of aromatic carboxylic acids is 1. The zero-order valence-corrected chi connectivity index (χ0v) is 15.3. The molecule has 2 heterocycles. The first-order valence-electron chi connectivity index (χ1n) is 8.25. The third-order valence-electron chi connectivity index (χ3n) is 3.80. The van der Waals surface area contributed by atoms with Gasteiger partial charge in [0, 0.05) is 5.92 Å². The minimum absolute atomic E-state index is 0.0413. The fourth-order valence-electron chi connectivity index (χ4n) is 2.73. The lowest BCUT2D eigenvalue weighted by molar-refractivity contribution is -0.155. The molecule has 1 saturated heterocycles. The average Bonchev–Trinajstić information content (AvgIpc) is 3.12. The van der Waals surface area contributed by atoms with Gasteiger partial charge in [-0.25, -0.2) is 4.79 Å². The molecule has 1 aliphatic heterocycles. The number of hydrogen-bond donors (Lipinski definition) is 1. The number of nitrogens with zero attached hydrogens (tertiary/aromatic N) is 3. The summed E-state index contributed by atoms with van der Waals surface area (Å²) in [5.41, 5.74) is -0.538. The van der Waals surface area contributed by atoms with Crippen LogP contribution < -0.4 is 0 Å². The highest BCUT2D eigenvalue weighted by Gasteiger charge is 2.26. The molecule has 1 fully saturated rings. The molecule has 0 aliphatic carbocycles. The minimum Gasteiger partial charge on any atom is -0.476 e. The highest BCUT2D eigenvalue weighted by Crippen LogP contribution is 2.28. The number of carboxylic acid groups (broad SMARTS) is 1. The van der Waals surface area contributed by atoms with Crippen molar-refractivity contribution in [3.63, 3.8) is 0 Å². The summed E-state index contributed by atoms with van der Waals surface area (Å²) in [5, 5.41) is 17.3. The van der Waals surface area contributed by atoms with Crippen molar-refractivity contribution in [2.24, 2.45) is 0 Å². The molecule has 24 heavy (non-hydrogen) atoms. The summed E-state index contributed by atoms with van der Waals surface area (Å²) in [5.74, 6) is -1.54. The third kappa shape index (κ3) is 5.83. The molecule has 0 radical (unpaired) electrons. The van der Waals surface area contributed by atoms with Gasteiger partial charge in [-0.1, -0.05) is 11.3 Å². The number of rotatable bonds is 7. The van der Waals surface area contributed by atoms with Crippen molar-refractivity contribution in [3.8, 4) is 0 Å². The molecule has 0 unspecified atom stereocenters. The van der Waals surface area contributed by atoms with Crippen LogP contribution in [0.2, 0.25) is 0 Å². The van der Waals surface area contributed by atoms with Crippen LogP contribution in [-0.2, 0) is 9.53 Å². The highest BCUT2D eigenvalue weighted by atomic mass is 32.1. The fraction of sp³-hybridized carbons (Fsp3) is 0.750. The van der Waals surface area contributed by atoms with Gasteiger partial charge in [-0.2, -0.15) is 0 Å². The van der Waals surface area contributed by atoms with E-state index < -0.39 is 11.6 Å². The summed E-state index contributed by atoms with van der Waals surface area (Å²) < 4.78 is 5.40. The Morgan fingerprint density at radius 3 is 2.50 bits per heavy atom. The van der Waals surface area contributed by atoms with Crippen molar-refractivity contribution in [1.29, 1.82) is 0 Å². The van der Waals surface area contributed by atoms with Crippen LogP contribution in [0.4, 0.5) is 0 Å². The van der Waals surface area contributed by atoms with Crippen molar-refractivity contribution < 1.29 is 19.4 Å². The minimum atomic E-state index is -1.09. The van der Waals surface area contributed by atoms with Gasteiger partial charge in [0.2, 0.25) is 5.01 Å². The van der Waals surface area contributed by atoms with Crippen LogP contribution in [0, 0.1) is 0 Å².